The monoisotopic (exact) mass is 499 g/mol. The lowest BCUT2D eigenvalue weighted by atomic mass is 10.2. The second kappa shape index (κ2) is 11.2. The third-order valence-electron chi connectivity index (χ3n) is 6.40. The first-order valence-corrected chi connectivity index (χ1v) is 12.3. The van der Waals surface area contributed by atoms with E-state index in [0.717, 1.165) is 35.1 Å². The predicted octanol–water partition coefficient (Wildman–Crippen LogP) is 4.27. The second-order valence-corrected chi connectivity index (χ2v) is 8.89. The van der Waals surface area contributed by atoms with Crippen molar-refractivity contribution in [3.05, 3.63) is 78.9 Å². The molecule has 2 atom stereocenters. The number of likely N-dealkylation sites (tertiary alicyclic amines) is 1. The molecule has 5 rings (SSSR count). The molecule has 0 saturated carbocycles. The van der Waals surface area contributed by atoms with Crippen LogP contribution >= 0.6 is 0 Å². The minimum Gasteiger partial charge on any atom is -0.491 e. The highest BCUT2D eigenvalue weighted by atomic mass is 16.5. The molecule has 1 amide bonds. The largest absolute Gasteiger partial charge is 0.491 e. The summed E-state index contributed by atoms with van der Waals surface area (Å²) >= 11 is 0. The van der Waals surface area contributed by atoms with Gasteiger partial charge in [-0.25, -0.2) is 9.97 Å². The molecule has 1 fully saturated rings. The Morgan fingerprint density at radius 2 is 2.03 bits per heavy atom. The Labute approximate surface area is 215 Å². The fourth-order valence-corrected chi connectivity index (χ4v) is 4.57. The maximum Gasteiger partial charge on any atom is 0.248 e. The number of fused-ring (bicyclic) bond motifs is 1. The van der Waals surface area contributed by atoms with Gasteiger partial charge in [-0.15, -0.1) is 0 Å². The highest BCUT2D eigenvalue weighted by Crippen LogP contribution is 2.33. The number of hydrogen-bond donors (Lipinski definition) is 2. The third-order valence-corrected chi connectivity index (χ3v) is 6.40. The average Bonchev–Trinajstić information content (AvgIpc) is 3.41. The van der Waals surface area contributed by atoms with E-state index in [1.165, 1.54) is 6.33 Å². The lowest BCUT2D eigenvalue weighted by Crippen LogP contribution is -2.40. The molecule has 190 valence electrons. The van der Waals surface area contributed by atoms with Gasteiger partial charge in [-0.2, -0.15) is 0 Å². The number of aliphatic hydroxyl groups excluding tert-OH is 1. The predicted molar refractivity (Wildman–Crippen MR) is 140 cm³/mol. The number of amides is 1. The van der Waals surface area contributed by atoms with E-state index in [-0.39, 0.29) is 18.1 Å². The van der Waals surface area contributed by atoms with Gasteiger partial charge >= 0.3 is 0 Å². The molecule has 0 radical (unpaired) electrons. The van der Waals surface area contributed by atoms with Crippen LogP contribution in [0.1, 0.15) is 31.6 Å². The molecule has 3 heterocycles. The van der Waals surface area contributed by atoms with Crippen molar-refractivity contribution in [2.75, 3.05) is 25.1 Å². The van der Waals surface area contributed by atoms with Crippen molar-refractivity contribution in [2.24, 2.45) is 0 Å². The van der Waals surface area contributed by atoms with Crippen molar-refractivity contribution < 1.29 is 19.4 Å². The summed E-state index contributed by atoms with van der Waals surface area (Å²) in [7, 11) is 0. The van der Waals surface area contributed by atoms with Gasteiger partial charge in [-0.1, -0.05) is 18.2 Å². The Balaban J connectivity index is 1.35. The van der Waals surface area contributed by atoms with Crippen molar-refractivity contribution in [1.82, 2.24) is 19.9 Å². The number of carbonyl (C=O) groups is 1. The highest BCUT2D eigenvalue weighted by molar-refractivity contribution is 5.95. The van der Waals surface area contributed by atoms with Crippen molar-refractivity contribution in [1.29, 1.82) is 0 Å². The van der Waals surface area contributed by atoms with Crippen LogP contribution < -0.4 is 14.8 Å². The van der Waals surface area contributed by atoms with Crippen LogP contribution in [-0.2, 0) is 4.79 Å². The van der Waals surface area contributed by atoms with Crippen molar-refractivity contribution in [3.8, 4) is 11.5 Å². The number of hydrogen-bond acceptors (Lipinski definition) is 8. The Morgan fingerprint density at radius 3 is 2.86 bits per heavy atom. The van der Waals surface area contributed by atoms with Crippen LogP contribution in [0.2, 0.25) is 0 Å². The molecule has 1 unspecified atom stereocenters. The molecule has 1 saturated heterocycles. The number of rotatable bonds is 9. The zero-order chi connectivity index (χ0) is 25.6. The standard InChI is InChI=1S/C28H29N5O4/c1-19(23-10-2-3-13-29-23)37-22-9-4-7-20(15-22)32-28-27-24(30-18-31-28)11-5-12-25(27)36-17-21-8-6-14-33(21)26(35)16-34/h2-5,7,9-13,15,18-19,21,34H,6,8,14,16-17H2,1H3,(H,30,31,32)/t19?,21-/m0/s1. The maximum absolute atomic E-state index is 12.1. The Kier molecular flexibility index (Phi) is 7.41. The molecule has 2 N–H and O–H groups in total. The third kappa shape index (κ3) is 5.62. The first kappa shape index (κ1) is 24.5. The summed E-state index contributed by atoms with van der Waals surface area (Å²) in [6, 6.07) is 19.0. The number of nitrogens with one attached hydrogen (secondary N) is 1. The summed E-state index contributed by atoms with van der Waals surface area (Å²) in [5, 5.41) is 13.4. The lowest BCUT2D eigenvalue weighted by Gasteiger charge is -2.24. The molecule has 2 aromatic carbocycles. The summed E-state index contributed by atoms with van der Waals surface area (Å²) in [5.74, 6) is 1.66. The van der Waals surface area contributed by atoms with E-state index >= 15 is 0 Å². The topological polar surface area (TPSA) is 110 Å². The number of aromatic nitrogens is 3. The van der Waals surface area contributed by atoms with E-state index in [0.29, 0.717) is 30.5 Å². The number of carbonyl (C=O) groups excluding carboxylic acids is 1. The number of ether oxygens (including phenoxy) is 2. The van der Waals surface area contributed by atoms with Crippen LogP contribution in [-0.4, -0.2) is 56.7 Å². The SMILES string of the molecule is CC(Oc1cccc(Nc2ncnc3cccc(OC[C@@H]4CCCN4C(=O)CO)c23)c1)c1ccccn1. The van der Waals surface area contributed by atoms with Crippen molar-refractivity contribution >= 4 is 28.3 Å². The molecule has 37 heavy (non-hydrogen) atoms. The quantitative estimate of drug-likeness (QED) is 0.351. The molecular formula is C28H29N5O4. The van der Waals surface area contributed by atoms with Gasteiger partial charge < -0.3 is 24.8 Å². The number of benzene rings is 2. The van der Waals surface area contributed by atoms with E-state index in [1.807, 2.05) is 67.6 Å². The summed E-state index contributed by atoms with van der Waals surface area (Å²) in [5.41, 5.74) is 2.39. The lowest BCUT2D eigenvalue weighted by molar-refractivity contribution is -0.135. The molecule has 9 nitrogen and oxygen atoms in total. The van der Waals surface area contributed by atoms with Gasteiger partial charge in [-0.05, 0) is 56.2 Å². The van der Waals surface area contributed by atoms with Crippen LogP contribution in [0.25, 0.3) is 10.9 Å². The summed E-state index contributed by atoms with van der Waals surface area (Å²) in [6.45, 7) is 2.43. The maximum atomic E-state index is 12.1. The van der Waals surface area contributed by atoms with Gasteiger partial charge in [0.15, 0.2) is 0 Å². The van der Waals surface area contributed by atoms with E-state index in [4.69, 9.17) is 9.47 Å². The van der Waals surface area contributed by atoms with E-state index in [2.05, 4.69) is 20.3 Å². The zero-order valence-electron chi connectivity index (χ0n) is 20.6. The molecule has 0 aliphatic carbocycles. The second-order valence-electron chi connectivity index (χ2n) is 8.89. The molecule has 0 spiro atoms. The van der Waals surface area contributed by atoms with Gasteiger partial charge in [0.05, 0.1) is 22.6 Å². The molecular weight excluding hydrogens is 470 g/mol. The fraction of sp³-hybridized carbons (Fsp3) is 0.286. The molecule has 9 heteroatoms. The van der Waals surface area contributed by atoms with Crippen LogP contribution in [0.4, 0.5) is 11.5 Å². The molecule has 4 aromatic rings. The average molecular weight is 500 g/mol. The summed E-state index contributed by atoms with van der Waals surface area (Å²) in [4.78, 5) is 27.0. The zero-order valence-corrected chi connectivity index (χ0v) is 20.6. The van der Waals surface area contributed by atoms with Crippen molar-refractivity contribution in [2.45, 2.75) is 31.9 Å². The Morgan fingerprint density at radius 1 is 1.14 bits per heavy atom. The summed E-state index contributed by atoms with van der Waals surface area (Å²) < 4.78 is 12.3. The number of pyridine rings is 1. The molecule has 0 bridgehead atoms. The Bertz CT molecular complexity index is 1360. The molecule has 2 aromatic heterocycles. The van der Waals surface area contributed by atoms with Crippen molar-refractivity contribution in [3.63, 3.8) is 0 Å². The number of anilines is 2. The number of nitrogens with zero attached hydrogens (tertiary/aromatic N) is 4. The summed E-state index contributed by atoms with van der Waals surface area (Å²) in [6.07, 6.45) is 4.78. The van der Waals surface area contributed by atoms with Gasteiger partial charge in [0.2, 0.25) is 5.91 Å². The van der Waals surface area contributed by atoms with Crippen LogP contribution in [0.15, 0.2) is 73.2 Å². The van der Waals surface area contributed by atoms with E-state index in [1.54, 1.807) is 11.1 Å². The normalized spacial score (nSPS) is 15.9. The first-order valence-electron chi connectivity index (χ1n) is 12.3. The van der Waals surface area contributed by atoms with Gasteiger partial charge in [0.25, 0.3) is 0 Å². The van der Waals surface area contributed by atoms with E-state index in [9.17, 15) is 9.90 Å². The molecule has 1 aliphatic rings. The smallest absolute Gasteiger partial charge is 0.248 e. The van der Waals surface area contributed by atoms with Crippen LogP contribution in [0, 0.1) is 0 Å². The minimum absolute atomic E-state index is 0.0779. The minimum atomic E-state index is -0.490. The van der Waals surface area contributed by atoms with E-state index < -0.39 is 6.61 Å². The highest BCUT2D eigenvalue weighted by Gasteiger charge is 2.29. The van der Waals surface area contributed by atoms with Gasteiger partial charge in [-0.3, -0.25) is 9.78 Å². The van der Waals surface area contributed by atoms with Crippen LogP contribution in [0.3, 0.4) is 0 Å². The number of aliphatic hydroxyl groups is 1. The van der Waals surface area contributed by atoms with Gasteiger partial charge in [0, 0.05) is 24.5 Å². The Hall–Kier alpha value is -4.24. The van der Waals surface area contributed by atoms with Gasteiger partial charge in [0.1, 0.15) is 43.0 Å². The molecule has 1 aliphatic heterocycles. The fourth-order valence-electron chi connectivity index (χ4n) is 4.57. The van der Waals surface area contributed by atoms with Crippen LogP contribution in [0.5, 0.6) is 11.5 Å². The first-order chi connectivity index (χ1) is 18.1.